The summed E-state index contributed by atoms with van der Waals surface area (Å²) in [4.78, 5) is 29.5. The Labute approximate surface area is 130 Å². The van der Waals surface area contributed by atoms with Crippen molar-refractivity contribution in [3.63, 3.8) is 0 Å². The molecule has 0 saturated carbocycles. The van der Waals surface area contributed by atoms with E-state index in [1.165, 1.54) is 17.6 Å². The van der Waals surface area contributed by atoms with Crippen LogP contribution in [0.25, 0.3) is 0 Å². The van der Waals surface area contributed by atoms with Crippen molar-refractivity contribution in [3.05, 3.63) is 24.2 Å². The largest absolute Gasteiger partial charge is 0.459 e. The Morgan fingerprint density at radius 3 is 2.41 bits per heavy atom. The van der Waals surface area contributed by atoms with Crippen molar-refractivity contribution in [1.82, 2.24) is 9.80 Å². The summed E-state index contributed by atoms with van der Waals surface area (Å²) in [5.41, 5.74) is 0. The van der Waals surface area contributed by atoms with Crippen molar-refractivity contribution in [2.45, 2.75) is 19.3 Å². The van der Waals surface area contributed by atoms with Crippen LogP contribution in [0.1, 0.15) is 29.8 Å². The molecule has 120 valence electrons. The van der Waals surface area contributed by atoms with E-state index in [9.17, 15) is 9.59 Å². The van der Waals surface area contributed by atoms with E-state index in [-0.39, 0.29) is 11.8 Å². The van der Waals surface area contributed by atoms with Gasteiger partial charge >= 0.3 is 0 Å². The average molecular weight is 306 g/mol. The summed E-state index contributed by atoms with van der Waals surface area (Å²) < 4.78 is 5.16. The van der Waals surface area contributed by atoms with Crippen LogP contribution in [-0.4, -0.2) is 67.4 Å². The first kappa shape index (κ1) is 15.1. The predicted octanol–water partition coefficient (Wildman–Crippen LogP) is -0.367. The highest BCUT2D eigenvalue weighted by Gasteiger charge is 2.28. The maximum atomic E-state index is 12.3. The Kier molecular flexibility index (Phi) is 4.77. The molecule has 0 spiro atoms. The summed E-state index contributed by atoms with van der Waals surface area (Å²) in [6, 6.07) is 3.42. The van der Waals surface area contributed by atoms with Crippen LogP contribution in [0.2, 0.25) is 0 Å². The molecule has 1 aromatic heterocycles. The van der Waals surface area contributed by atoms with Crippen LogP contribution in [-0.2, 0) is 4.79 Å². The lowest BCUT2D eigenvalue weighted by atomic mass is 10.1. The van der Waals surface area contributed by atoms with E-state index in [1.807, 2.05) is 9.80 Å². The lowest BCUT2D eigenvalue weighted by Gasteiger charge is -2.33. The standard InChI is InChI=1S/C16H23N3O3/c20-15(18-6-2-1-3-7-18)13-17-8-10-19(11-9-17)16(21)14-5-4-12-22-14/h4-5,12H,1-3,6-11,13H2/p+1. The Balaban J connectivity index is 1.45. The van der Waals surface area contributed by atoms with Gasteiger partial charge < -0.3 is 19.1 Å². The molecule has 3 heterocycles. The molecule has 2 fully saturated rings. The number of carbonyl (C=O) groups excluding carboxylic acids is 2. The average Bonchev–Trinajstić information content (AvgIpc) is 3.10. The highest BCUT2D eigenvalue weighted by molar-refractivity contribution is 5.91. The maximum Gasteiger partial charge on any atom is 0.289 e. The Morgan fingerprint density at radius 2 is 1.77 bits per heavy atom. The molecule has 0 bridgehead atoms. The molecule has 1 aromatic rings. The molecule has 0 atom stereocenters. The number of carbonyl (C=O) groups is 2. The maximum absolute atomic E-state index is 12.3. The van der Waals surface area contributed by atoms with Crippen LogP contribution >= 0.6 is 0 Å². The van der Waals surface area contributed by atoms with Crippen molar-refractivity contribution in [2.75, 3.05) is 45.8 Å². The third-order valence-corrected chi connectivity index (χ3v) is 4.60. The molecule has 6 nitrogen and oxygen atoms in total. The summed E-state index contributed by atoms with van der Waals surface area (Å²) in [6.07, 6.45) is 5.02. The molecule has 0 unspecified atom stereocenters. The molecular formula is C16H24N3O3+. The monoisotopic (exact) mass is 306 g/mol. The number of furan rings is 1. The van der Waals surface area contributed by atoms with E-state index in [1.54, 1.807) is 12.1 Å². The van der Waals surface area contributed by atoms with Gasteiger partial charge in [0.05, 0.1) is 32.4 Å². The van der Waals surface area contributed by atoms with Gasteiger partial charge in [0, 0.05) is 13.1 Å². The number of piperidine rings is 1. The predicted molar refractivity (Wildman–Crippen MR) is 80.6 cm³/mol. The molecule has 2 aliphatic rings. The Hall–Kier alpha value is -1.82. The van der Waals surface area contributed by atoms with Gasteiger partial charge in [-0.25, -0.2) is 0 Å². The summed E-state index contributed by atoms with van der Waals surface area (Å²) in [5, 5.41) is 0. The number of nitrogens with one attached hydrogen (secondary N) is 1. The van der Waals surface area contributed by atoms with E-state index < -0.39 is 0 Å². The van der Waals surface area contributed by atoms with Crippen molar-refractivity contribution in [2.24, 2.45) is 0 Å². The van der Waals surface area contributed by atoms with E-state index >= 15 is 0 Å². The molecule has 2 saturated heterocycles. The second-order valence-corrected chi connectivity index (χ2v) is 6.14. The van der Waals surface area contributed by atoms with Crippen LogP contribution < -0.4 is 4.90 Å². The van der Waals surface area contributed by atoms with Crippen molar-refractivity contribution in [3.8, 4) is 0 Å². The van der Waals surface area contributed by atoms with Crippen LogP contribution in [0.5, 0.6) is 0 Å². The lowest BCUT2D eigenvalue weighted by Crippen LogP contribution is -3.15. The fraction of sp³-hybridized carbons (Fsp3) is 0.625. The third kappa shape index (κ3) is 3.50. The fourth-order valence-electron chi connectivity index (χ4n) is 3.23. The SMILES string of the molecule is O=C(C[NH+]1CCN(C(=O)c2ccco2)CC1)N1CCCCC1. The van der Waals surface area contributed by atoms with Crippen molar-refractivity contribution in [1.29, 1.82) is 0 Å². The van der Waals surface area contributed by atoms with Gasteiger partial charge in [0.2, 0.25) is 0 Å². The zero-order valence-electron chi connectivity index (χ0n) is 12.9. The quantitative estimate of drug-likeness (QED) is 0.829. The topological polar surface area (TPSA) is 58.2 Å². The smallest absolute Gasteiger partial charge is 0.289 e. The molecular weight excluding hydrogens is 282 g/mol. The van der Waals surface area contributed by atoms with Crippen LogP contribution in [0, 0.1) is 0 Å². The van der Waals surface area contributed by atoms with Gasteiger partial charge in [0.1, 0.15) is 0 Å². The number of quaternary nitrogens is 1. The molecule has 0 aliphatic carbocycles. The Bertz CT molecular complexity index is 501. The molecule has 2 aliphatic heterocycles. The number of hydrogen-bond acceptors (Lipinski definition) is 3. The number of piperazine rings is 1. The van der Waals surface area contributed by atoms with E-state index in [2.05, 4.69) is 0 Å². The van der Waals surface area contributed by atoms with Crippen molar-refractivity contribution < 1.29 is 18.9 Å². The molecule has 2 amide bonds. The second-order valence-electron chi connectivity index (χ2n) is 6.14. The fourth-order valence-corrected chi connectivity index (χ4v) is 3.23. The normalized spacial score (nSPS) is 20.2. The highest BCUT2D eigenvalue weighted by atomic mass is 16.3. The number of likely N-dealkylation sites (tertiary alicyclic amines) is 1. The number of hydrogen-bond donors (Lipinski definition) is 1. The van der Waals surface area contributed by atoms with E-state index in [4.69, 9.17) is 4.42 Å². The van der Waals surface area contributed by atoms with Gasteiger partial charge in [-0.05, 0) is 31.4 Å². The number of rotatable bonds is 3. The van der Waals surface area contributed by atoms with Gasteiger partial charge in [0.25, 0.3) is 11.8 Å². The third-order valence-electron chi connectivity index (χ3n) is 4.60. The zero-order chi connectivity index (χ0) is 15.4. The molecule has 3 rings (SSSR count). The highest BCUT2D eigenvalue weighted by Crippen LogP contribution is 2.08. The molecule has 6 heteroatoms. The van der Waals surface area contributed by atoms with Crippen LogP contribution in [0.15, 0.2) is 22.8 Å². The summed E-state index contributed by atoms with van der Waals surface area (Å²) >= 11 is 0. The van der Waals surface area contributed by atoms with Gasteiger partial charge in [-0.1, -0.05) is 0 Å². The first-order valence-corrected chi connectivity index (χ1v) is 8.18. The minimum absolute atomic E-state index is 0.0496. The summed E-state index contributed by atoms with van der Waals surface area (Å²) in [5.74, 6) is 0.611. The molecule has 22 heavy (non-hydrogen) atoms. The van der Waals surface area contributed by atoms with E-state index in [0.717, 1.165) is 39.0 Å². The van der Waals surface area contributed by atoms with Gasteiger partial charge in [-0.15, -0.1) is 0 Å². The number of nitrogens with zero attached hydrogens (tertiary/aromatic N) is 2. The van der Waals surface area contributed by atoms with Gasteiger partial charge in [0.15, 0.2) is 12.3 Å². The van der Waals surface area contributed by atoms with Gasteiger partial charge in [-0.3, -0.25) is 9.59 Å². The lowest BCUT2D eigenvalue weighted by molar-refractivity contribution is -0.896. The van der Waals surface area contributed by atoms with Crippen molar-refractivity contribution >= 4 is 11.8 Å². The van der Waals surface area contributed by atoms with E-state index in [0.29, 0.717) is 25.4 Å². The first-order chi connectivity index (χ1) is 10.7. The molecule has 1 N–H and O–H groups in total. The number of amides is 2. The second kappa shape index (κ2) is 6.96. The van der Waals surface area contributed by atoms with Crippen LogP contribution in [0.4, 0.5) is 0 Å². The first-order valence-electron chi connectivity index (χ1n) is 8.18. The van der Waals surface area contributed by atoms with Crippen LogP contribution in [0.3, 0.4) is 0 Å². The minimum Gasteiger partial charge on any atom is -0.459 e. The summed E-state index contributed by atoms with van der Waals surface area (Å²) in [6.45, 7) is 5.40. The van der Waals surface area contributed by atoms with Gasteiger partial charge in [-0.2, -0.15) is 0 Å². The Morgan fingerprint density at radius 1 is 1.05 bits per heavy atom. The molecule has 0 aromatic carbocycles. The zero-order valence-corrected chi connectivity index (χ0v) is 12.9. The summed E-state index contributed by atoms with van der Waals surface area (Å²) in [7, 11) is 0. The molecule has 0 radical (unpaired) electrons. The minimum atomic E-state index is -0.0496.